The van der Waals surface area contributed by atoms with Crippen LogP contribution in [0.15, 0.2) is 30.6 Å². The fourth-order valence-corrected chi connectivity index (χ4v) is 1.79. The van der Waals surface area contributed by atoms with E-state index in [1.165, 1.54) is 18.3 Å². The van der Waals surface area contributed by atoms with Crippen molar-refractivity contribution in [2.24, 2.45) is 0 Å². The van der Waals surface area contributed by atoms with Crippen LogP contribution < -0.4 is 5.73 Å². The van der Waals surface area contributed by atoms with Crippen LogP contribution in [-0.4, -0.2) is 4.98 Å². The van der Waals surface area contributed by atoms with E-state index < -0.39 is 12.2 Å². The van der Waals surface area contributed by atoms with Crippen molar-refractivity contribution in [1.82, 2.24) is 4.98 Å². The maximum atomic E-state index is 13.4. The van der Waals surface area contributed by atoms with Gasteiger partial charge in [-0.25, -0.2) is 13.2 Å². The molecule has 6 heteroatoms. The molecule has 0 bridgehead atoms. The second kappa shape index (κ2) is 4.86. The smallest absolute Gasteiger partial charge is 0.265 e. The van der Waals surface area contributed by atoms with Crippen LogP contribution in [0.5, 0.6) is 0 Å². The van der Waals surface area contributed by atoms with Gasteiger partial charge in [-0.15, -0.1) is 0 Å². The predicted molar refractivity (Wildman–Crippen MR) is 64.0 cm³/mol. The highest BCUT2D eigenvalue weighted by molar-refractivity contribution is 6.33. The van der Waals surface area contributed by atoms with Crippen LogP contribution in [0.1, 0.15) is 12.0 Å². The molecule has 0 spiro atoms. The second-order valence-electron chi connectivity index (χ2n) is 3.66. The molecule has 0 saturated carbocycles. The molecule has 0 aliphatic rings. The molecule has 0 radical (unpaired) electrons. The van der Waals surface area contributed by atoms with Gasteiger partial charge in [-0.2, -0.15) is 0 Å². The van der Waals surface area contributed by atoms with E-state index in [-0.39, 0.29) is 21.8 Å². The van der Waals surface area contributed by atoms with Crippen molar-refractivity contribution in [2.45, 2.75) is 6.43 Å². The van der Waals surface area contributed by atoms with E-state index in [1.807, 2.05) is 0 Å². The summed E-state index contributed by atoms with van der Waals surface area (Å²) in [5, 5.41) is 0.183. The molecular weight excluding hydrogens is 265 g/mol. The number of pyridine rings is 1. The van der Waals surface area contributed by atoms with Gasteiger partial charge in [-0.3, -0.25) is 4.98 Å². The topological polar surface area (TPSA) is 38.9 Å². The maximum Gasteiger partial charge on any atom is 0.265 e. The lowest BCUT2D eigenvalue weighted by Gasteiger charge is -2.08. The molecule has 1 aromatic heterocycles. The molecular formula is C12H8ClF3N2. The number of hydrogen-bond donors (Lipinski definition) is 1. The average Bonchev–Trinajstić information content (AvgIpc) is 2.34. The van der Waals surface area contributed by atoms with E-state index in [1.54, 1.807) is 0 Å². The normalized spacial score (nSPS) is 10.9. The first kappa shape index (κ1) is 12.7. The summed E-state index contributed by atoms with van der Waals surface area (Å²) in [6.45, 7) is 0. The van der Waals surface area contributed by atoms with Gasteiger partial charge in [0.05, 0.1) is 10.7 Å². The zero-order valence-corrected chi connectivity index (χ0v) is 9.76. The summed E-state index contributed by atoms with van der Waals surface area (Å²) in [5.41, 5.74) is 5.60. The maximum absolute atomic E-state index is 13.4. The number of nitrogens with two attached hydrogens (primary N) is 1. The molecule has 2 rings (SSSR count). The Labute approximate surface area is 106 Å². The molecule has 0 amide bonds. The molecule has 2 nitrogen and oxygen atoms in total. The van der Waals surface area contributed by atoms with Crippen molar-refractivity contribution in [2.75, 3.05) is 5.73 Å². The number of rotatable bonds is 2. The quantitative estimate of drug-likeness (QED) is 0.837. The Bertz CT molecular complexity index is 588. The van der Waals surface area contributed by atoms with Crippen LogP contribution in [0.3, 0.4) is 0 Å². The van der Waals surface area contributed by atoms with Crippen molar-refractivity contribution < 1.29 is 13.2 Å². The molecule has 0 aliphatic heterocycles. The lowest BCUT2D eigenvalue weighted by atomic mass is 10.1. The van der Waals surface area contributed by atoms with E-state index in [0.29, 0.717) is 5.56 Å². The molecule has 1 aromatic carbocycles. The summed E-state index contributed by atoms with van der Waals surface area (Å²) >= 11 is 5.91. The average molecular weight is 273 g/mol. The lowest BCUT2D eigenvalue weighted by molar-refractivity contribution is 0.151. The number of anilines is 1. The first-order chi connectivity index (χ1) is 8.49. The molecule has 0 fully saturated rings. The Morgan fingerprint density at radius 1 is 1.17 bits per heavy atom. The standard InChI is InChI=1S/C12H8ClF3N2/c13-9-3-11(17)10(14)2-8(9)6-1-7(12(15)16)5-18-4-6/h1-5,12H,17H2. The summed E-state index contributed by atoms with van der Waals surface area (Å²) in [6.07, 6.45) is -0.256. The van der Waals surface area contributed by atoms with Gasteiger partial charge < -0.3 is 5.73 Å². The largest absolute Gasteiger partial charge is 0.396 e. The van der Waals surface area contributed by atoms with Crippen LogP contribution >= 0.6 is 11.6 Å². The first-order valence-electron chi connectivity index (χ1n) is 4.97. The van der Waals surface area contributed by atoms with E-state index in [4.69, 9.17) is 17.3 Å². The number of nitrogens with zero attached hydrogens (tertiary/aromatic N) is 1. The van der Waals surface area contributed by atoms with Gasteiger partial charge in [0.25, 0.3) is 6.43 Å². The number of nitrogen functional groups attached to an aromatic ring is 1. The van der Waals surface area contributed by atoms with Crippen LogP contribution in [0.2, 0.25) is 5.02 Å². The SMILES string of the molecule is Nc1cc(Cl)c(-c2cncc(C(F)F)c2)cc1F. The summed E-state index contributed by atoms with van der Waals surface area (Å²) < 4.78 is 38.4. The zero-order chi connectivity index (χ0) is 13.3. The molecule has 2 N–H and O–H groups in total. The molecule has 0 unspecified atom stereocenters. The van der Waals surface area contributed by atoms with E-state index >= 15 is 0 Å². The molecule has 0 atom stereocenters. The first-order valence-corrected chi connectivity index (χ1v) is 5.35. The molecule has 2 aromatic rings. The molecule has 0 aliphatic carbocycles. The molecule has 1 heterocycles. The summed E-state index contributed by atoms with van der Waals surface area (Å²) in [6, 6.07) is 3.56. The van der Waals surface area contributed by atoms with Crippen molar-refractivity contribution >= 4 is 17.3 Å². The monoisotopic (exact) mass is 272 g/mol. The minimum absolute atomic E-state index is 0.0956. The second-order valence-corrected chi connectivity index (χ2v) is 4.07. The Hall–Kier alpha value is -1.75. The van der Waals surface area contributed by atoms with Gasteiger partial charge in [-0.1, -0.05) is 11.6 Å². The van der Waals surface area contributed by atoms with Gasteiger partial charge >= 0.3 is 0 Å². The minimum Gasteiger partial charge on any atom is -0.396 e. The van der Waals surface area contributed by atoms with Crippen LogP contribution in [0.4, 0.5) is 18.9 Å². The number of aromatic nitrogens is 1. The number of hydrogen-bond acceptors (Lipinski definition) is 2. The zero-order valence-electron chi connectivity index (χ0n) is 9.00. The number of alkyl halides is 2. The predicted octanol–water partition coefficient (Wildman–Crippen LogP) is 4.06. The Kier molecular flexibility index (Phi) is 3.43. The fourth-order valence-electron chi connectivity index (χ4n) is 1.51. The Morgan fingerprint density at radius 2 is 1.89 bits per heavy atom. The van der Waals surface area contributed by atoms with Crippen molar-refractivity contribution in [3.63, 3.8) is 0 Å². The Balaban J connectivity index is 2.55. The highest BCUT2D eigenvalue weighted by Gasteiger charge is 2.12. The summed E-state index contributed by atoms with van der Waals surface area (Å²) in [5.74, 6) is -0.656. The van der Waals surface area contributed by atoms with Crippen LogP contribution in [0.25, 0.3) is 11.1 Å². The van der Waals surface area contributed by atoms with Gasteiger partial charge in [0, 0.05) is 29.1 Å². The fraction of sp³-hybridized carbons (Fsp3) is 0.0833. The Morgan fingerprint density at radius 3 is 2.56 bits per heavy atom. The van der Waals surface area contributed by atoms with Crippen molar-refractivity contribution in [3.05, 3.63) is 47.0 Å². The lowest BCUT2D eigenvalue weighted by Crippen LogP contribution is -1.93. The van der Waals surface area contributed by atoms with Gasteiger partial charge in [0.2, 0.25) is 0 Å². The van der Waals surface area contributed by atoms with Gasteiger partial charge in [-0.05, 0) is 18.2 Å². The third kappa shape index (κ3) is 2.41. The third-order valence-electron chi connectivity index (χ3n) is 2.41. The van der Waals surface area contributed by atoms with Crippen molar-refractivity contribution in [1.29, 1.82) is 0 Å². The molecule has 18 heavy (non-hydrogen) atoms. The highest BCUT2D eigenvalue weighted by atomic mass is 35.5. The summed E-state index contributed by atoms with van der Waals surface area (Å²) in [4.78, 5) is 3.68. The van der Waals surface area contributed by atoms with Gasteiger partial charge in [0.1, 0.15) is 5.82 Å². The van der Waals surface area contributed by atoms with Crippen molar-refractivity contribution in [3.8, 4) is 11.1 Å². The van der Waals surface area contributed by atoms with E-state index in [0.717, 1.165) is 12.3 Å². The van der Waals surface area contributed by atoms with Gasteiger partial charge in [0.15, 0.2) is 0 Å². The minimum atomic E-state index is -2.64. The third-order valence-corrected chi connectivity index (χ3v) is 2.72. The molecule has 94 valence electrons. The van der Waals surface area contributed by atoms with E-state index in [2.05, 4.69) is 4.98 Å². The van der Waals surface area contributed by atoms with E-state index in [9.17, 15) is 13.2 Å². The summed E-state index contributed by atoms with van der Waals surface area (Å²) in [7, 11) is 0. The molecule has 0 saturated heterocycles. The van der Waals surface area contributed by atoms with Crippen LogP contribution in [-0.2, 0) is 0 Å². The van der Waals surface area contributed by atoms with Crippen LogP contribution in [0, 0.1) is 5.82 Å². The number of halogens is 4. The highest BCUT2D eigenvalue weighted by Crippen LogP contribution is 2.32. The number of benzene rings is 1.